The van der Waals surface area contributed by atoms with E-state index in [0.29, 0.717) is 0 Å². The van der Waals surface area contributed by atoms with E-state index < -0.39 is 5.41 Å². The third kappa shape index (κ3) is 4.35. The van der Waals surface area contributed by atoms with Gasteiger partial charge in [0.15, 0.2) is 0 Å². The second kappa shape index (κ2) is 8.60. The molecule has 3 nitrogen and oxygen atoms in total. The molecule has 1 saturated carbocycles. The van der Waals surface area contributed by atoms with E-state index in [0.717, 1.165) is 54.7 Å². The molecule has 0 aliphatic heterocycles. The highest BCUT2D eigenvalue weighted by Gasteiger charge is 2.41. The molecule has 0 saturated heterocycles. The van der Waals surface area contributed by atoms with Crippen molar-refractivity contribution in [3.8, 4) is 5.75 Å². The van der Waals surface area contributed by atoms with Gasteiger partial charge in [0.05, 0.1) is 11.5 Å². The van der Waals surface area contributed by atoms with Crippen LogP contribution in [0.4, 0.5) is 5.69 Å². The molecule has 1 aliphatic rings. The average molecular weight is 366 g/mol. The lowest BCUT2D eigenvalue weighted by molar-refractivity contribution is -0.122. The normalized spacial score (nSPS) is 17.1. The van der Waals surface area contributed by atoms with Gasteiger partial charge in [0.1, 0.15) is 5.75 Å². The standard InChI is InChI=1S/C24H31NO2/c1-4-19(3)27-22-14-13-21(17-18(22)2)25-23(26)24(15-9-6-10-16-24)20-11-7-5-8-12-20/h5,7-8,11-14,17,19H,4,6,9-10,15-16H2,1-3H3,(H,25,26)/t19-/m1/s1. The van der Waals surface area contributed by atoms with Crippen LogP contribution in [0, 0.1) is 6.92 Å². The highest BCUT2D eigenvalue weighted by molar-refractivity contribution is 5.99. The molecule has 0 unspecified atom stereocenters. The lowest BCUT2D eigenvalue weighted by atomic mass is 9.68. The molecular formula is C24H31NO2. The van der Waals surface area contributed by atoms with E-state index in [1.807, 2.05) is 43.3 Å². The zero-order chi connectivity index (χ0) is 19.3. The molecule has 1 N–H and O–H groups in total. The van der Waals surface area contributed by atoms with Crippen molar-refractivity contribution in [1.29, 1.82) is 0 Å². The van der Waals surface area contributed by atoms with Gasteiger partial charge >= 0.3 is 0 Å². The van der Waals surface area contributed by atoms with Crippen molar-refractivity contribution in [1.82, 2.24) is 0 Å². The Morgan fingerprint density at radius 1 is 1.11 bits per heavy atom. The number of benzene rings is 2. The third-order valence-corrected chi connectivity index (χ3v) is 5.80. The van der Waals surface area contributed by atoms with Crippen LogP contribution in [0.2, 0.25) is 0 Å². The Kier molecular flexibility index (Phi) is 6.20. The van der Waals surface area contributed by atoms with Gasteiger partial charge in [-0.3, -0.25) is 4.79 Å². The number of carbonyl (C=O) groups is 1. The Hall–Kier alpha value is -2.29. The second-order valence-electron chi connectivity index (χ2n) is 7.78. The van der Waals surface area contributed by atoms with Crippen LogP contribution in [0.5, 0.6) is 5.75 Å². The minimum atomic E-state index is -0.417. The summed E-state index contributed by atoms with van der Waals surface area (Å²) in [6, 6.07) is 16.2. The molecular weight excluding hydrogens is 334 g/mol. The highest BCUT2D eigenvalue weighted by atomic mass is 16.5. The number of carbonyl (C=O) groups excluding carboxylic acids is 1. The Morgan fingerprint density at radius 3 is 2.44 bits per heavy atom. The maximum Gasteiger partial charge on any atom is 0.235 e. The van der Waals surface area contributed by atoms with Gasteiger partial charge in [-0.05, 0) is 62.4 Å². The van der Waals surface area contributed by atoms with Crippen molar-refractivity contribution >= 4 is 11.6 Å². The summed E-state index contributed by atoms with van der Waals surface area (Å²) in [4.78, 5) is 13.4. The first-order chi connectivity index (χ1) is 13.0. The number of anilines is 1. The number of nitrogens with one attached hydrogen (secondary N) is 1. The van der Waals surface area contributed by atoms with E-state index in [-0.39, 0.29) is 12.0 Å². The molecule has 27 heavy (non-hydrogen) atoms. The molecule has 1 fully saturated rings. The Labute approximate surface area is 163 Å². The Bertz CT molecular complexity index is 763. The van der Waals surface area contributed by atoms with Crippen LogP contribution in [-0.2, 0) is 10.2 Å². The zero-order valence-corrected chi connectivity index (χ0v) is 16.8. The number of amides is 1. The van der Waals surface area contributed by atoms with E-state index in [9.17, 15) is 4.79 Å². The smallest absolute Gasteiger partial charge is 0.235 e. The van der Waals surface area contributed by atoms with Crippen molar-refractivity contribution in [3.05, 3.63) is 59.7 Å². The molecule has 3 rings (SSSR count). The monoisotopic (exact) mass is 365 g/mol. The van der Waals surface area contributed by atoms with Crippen molar-refractivity contribution in [2.75, 3.05) is 5.32 Å². The summed E-state index contributed by atoms with van der Waals surface area (Å²) in [5.41, 5.74) is 2.61. The SMILES string of the molecule is CC[C@@H](C)Oc1ccc(NC(=O)C2(c3ccccc3)CCCCC2)cc1C. The fraction of sp³-hybridized carbons (Fsp3) is 0.458. The summed E-state index contributed by atoms with van der Waals surface area (Å²) in [5.74, 6) is 1.00. The number of ether oxygens (including phenoxy) is 1. The number of hydrogen-bond acceptors (Lipinski definition) is 2. The molecule has 0 heterocycles. The first kappa shape index (κ1) is 19.5. The zero-order valence-electron chi connectivity index (χ0n) is 16.8. The van der Waals surface area contributed by atoms with Crippen LogP contribution in [0.3, 0.4) is 0 Å². The predicted molar refractivity (Wildman–Crippen MR) is 111 cm³/mol. The van der Waals surface area contributed by atoms with Crippen molar-refractivity contribution < 1.29 is 9.53 Å². The van der Waals surface area contributed by atoms with Crippen LogP contribution < -0.4 is 10.1 Å². The van der Waals surface area contributed by atoms with Gasteiger partial charge in [0.25, 0.3) is 0 Å². The maximum atomic E-state index is 13.4. The molecule has 1 amide bonds. The van der Waals surface area contributed by atoms with Gasteiger partial charge in [-0.15, -0.1) is 0 Å². The molecule has 0 spiro atoms. The van der Waals surface area contributed by atoms with Crippen LogP contribution in [0.1, 0.15) is 63.5 Å². The summed E-state index contributed by atoms with van der Waals surface area (Å²) in [5, 5.41) is 3.19. The fourth-order valence-corrected chi connectivity index (χ4v) is 3.97. The van der Waals surface area contributed by atoms with Crippen LogP contribution in [0.15, 0.2) is 48.5 Å². The van der Waals surface area contributed by atoms with Gasteiger partial charge in [0.2, 0.25) is 5.91 Å². The maximum absolute atomic E-state index is 13.4. The van der Waals surface area contributed by atoms with Crippen LogP contribution >= 0.6 is 0 Å². The highest BCUT2D eigenvalue weighted by Crippen LogP contribution is 2.40. The van der Waals surface area contributed by atoms with E-state index >= 15 is 0 Å². The van der Waals surface area contributed by atoms with E-state index in [1.54, 1.807) is 0 Å². The summed E-state index contributed by atoms with van der Waals surface area (Å²) < 4.78 is 5.95. The summed E-state index contributed by atoms with van der Waals surface area (Å²) in [6.45, 7) is 6.21. The van der Waals surface area contributed by atoms with Crippen molar-refractivity contribution in [2.45, 2.75) is 70.8 Å². The molecule has 144 valence electrons. The minimum absolute atomic E-state index is 0.114. The third-order valence-electron chi connectivity index (χ3n) is 5.80. The van der Waals surface area contributed by atoms with E-state index in [4.69, 9.17) is 4.74 Å². The second-order valence-corrected chi connectivity index (χ2v) is 7.78. The molecule has 2 aromatic rings. The summed E-state index contributed by atoms with van der Waals surface area (Å²) in [7, 11) is 0. The Morgan fingerprint density at radius 2 is 1.81 bits per heavy atom. The molecule has 2 aromatic carbocycles. The van der Waals surface area contributed by atoms with Gasteiger partial charge in [0, 0.05) is 5.69 Å². The van der Waals surface area contributed by atoms with Crippen molar-refractivity contribution in [3.63, 3.8) is 0 Å². The van der Waals surface area contributed by atoms with Gasteiger partial charge in [-0.2, -0.15) is 0 Å². The largest absolute Gasteiger partial charge is 0.490 e. The lowest BCUT2D eigenvalue weighted by Crippen LogP contribution is -2.42. The topological polar surface area (TPSA) is 38.3 Å². The van der Waals surface area contributed by atoms with Gasteiger partial charge in [-0.25, -0.2) is 0 Å². The number of hydrogen-bond donors (Lipinski definition) is 1. The van der Waals surface area contributed by atoms with Crippen molar-refractivity contribution in [2.24, 2.45) is 0 Å². The fourth-order valence-electron chi connectivity index (χ4n) is 3.97. The molecule has 3 heteroatoms. The van der Waals surface area contributed by atoms with E-state index in [2.05, 4.69) is 31.3 Å². The minimum Gasteiger partial charge on any atom is -0.490 e. The molecule has 0 radical (unpaired) electrons. The summed E-state index contributed by atoms with van der Waals surface area (Å²) >= 11 is 0. The predicted octanol–water partition coefficient (Wildman–Crippen LogP) is 6.01. The first-order valence-electron chi connectivity index (χ1n) is 10.2. The number of rotatable bonds is 6. The molecule has 0 aromatic heterocycles. The summed E-state index contributed by atoms with van der Waals surface area (Å²) in [6.07, 6.45) is 6.40. The number of aryl methyl sites for hydroxylation is 1. The lowest BCUT2D eigenvalue weighted by Gasteiger charge is -2.36. The average Bonchev–Trinajstić information content (AvgIpc) is 2.71. The van der Waals surface area contributed by atoms with Crippen LogP contribution in [-0.4, -0.2) is 12.0 Å². The molecule has 1 atom stereocenters. The quantitative estimate of drug-likeness (QED) is 0.680. The van der Waals surface area contributed by atoms with Gasteiger partial charge < -0.3 is 10.1 Å². The molecule has 0 bridgehead atoms. The molecule has 1 aliphatic carbocycles. The van der Waals surface area contributed by atoms with Crippen LogP contribution in [0.25, 0.3) is 0 Å². The first-order valence-corrected chi connectivity index (χ1v) is 10.2. The van der Waals surface area contributed by atoms with E-state index in [1.165, 1.54) is 6.42 Å². The van der Waals surface area contributed by atoms with Gasteiger partial charge in [-0.1, -0.05) is 56.5 Å². The Balaban J connectivity index is 1.81.